The molecule has 1 aliphatic heterocycles. The lowest BCUT2D eigenvalue weighted by Crippen LogP contribution is -2.25. The fraction of sp³-hybridized carbons (Fsp3) is 0.636. The van der Waals surface area contributed by atoms with Gasteiger partial charge < -0.3 is 4.90 Å². The molecule has 2 rings (SSSR count). The lowest BCUT2D eigenvalue weighted by Gasteiger charge is -2.21. The van der Waals surface area contributed by atoms with Crippen molar-refractivity contribution in [2.45, 2.75) is 33.7 Å². The van der Waals surface area contributed by atoms with E-state index >= 15 is 0 Å². The van der Waals surface area contributed by atoms with Crippen LogP contribution in [0.3, 0.4) is 0 Å². The van der Waals surface area contributed by atoms with Crippen molar-refractivity contribution in [2.24, 2.45) is 0 Å². The van der Waals surface area contributed by atoms with Crippen LogP contribution in [0.2, 0.25) is 0 Å². The topological polar surface area (TPSA) is 3.24 Å². The molecule has 0 aromatic carbocycles. The molecular weight excluding hydrogens is 178 g/mol. The molecule has 1 aromatic heterocycles. The lowest BCUT2D eigenvalue weighted by molar-refractivity contribution is 0.315. The van der Waals surface area contributed by atoms with Gasteiger partial charge in [0.25, 0.3) is 0 Å². The van der Waals surface area contributed by atoms with Crippen molar-refractivity contribution < 1.29 is 0 Å². The fourth-order valence-electron chi connectivity index (χ4n) is 1.62. The molecule has 1 aromatic rings. The van der Waals surface area contributed by atoms with Gasteiger partial charge in [-0.25, -0.2) is 0 Å². The number of rotatable bonds is 0. The zero-order chi connectivity index (χ0) is 9.84. The Morgan fingerprint density at radius 2 is 2.08 bits per heavy atom. The van der Waals surface area contributed by atoms with Crippen LogP contribution in [0.15, 0.2) is 6.07 Å². The number of thiophene rings is 1. The van der Waals surface area contributed by atoms with Crippen molar-refractivity contribution in [3.05, 3.63) is 21.4 Å². The molecule has 2 heteroatoms. The van der Waals surface area contributed by atoms with E-state index in [1.54, 1.807) is 10.4 Å². The molecule has 0 radical (unpaired) electrons. The molecule has 0 fully saturated rings. The summed E-state index contributed by atoms with van der Waals surface area (Å²) in [6.07, 6.45) is 1.25. The van der Waals surface area contributed by atoms with Crippen LogP contribution in [0.25, 0.3) is 0 Å². The quantitative estimate of drug-likeness (QED) is 0.618. The van der Waals surface area contributed by atoms with E-state index in [2.05, 4.69) is 24.9 Å². The van der Waals surface area contributed by atoms with Gasteiger partial charge in [0.1, 0.15) is 0 Å². The first-order chi connectivity index (χ1) is 6.25. The molecule has 0 spiro atoms. The summed E-state index contributed by atoms with van der Waals surface area (Å²) in [5, 5.41) is 0. The molecule has 0 saturated heterocycles. The average molecular weight is 197 g/mol. The fourth-order valence-corrected chi connectivity index (χ4v) is 2.66. The summed E-state index contributed by atoms with van der Waals surface area (Å²) in [5.74, 6) is 0. The Labute approximate surface area is 85.4 Å². The maximum absolute atomic E-state index is 2.38. The molecule has 1 aliphatic rings. The largest absolute Gasteiger partial charge is 0.302 e. The number of fused-ring (bicyclic) bond motifs is 1. The van der Waals surface area contributed by atoms with E-state index < -0.39 is 0 Å². The minimum Gasteiger partial charge on any atom is -0.302 e. The molecule has 0 amide bonds. The van der Waals surface area contributed by atoms with Crippen LogP contribution >= 0.6 is 11.3 Å². The molecule has 74 valence electrons. The SMILES string of the molecule is CC.Cc1cc2c(s1)CCN(C)C2. The van der Waals surface area contributed by atoms with E-state index in [0.717, 1.165) is 6.54 Å². The van der Waals surface area contributed by atoms with Crippen LogP contribution in [0.1, 0.15) is 29.2 Å². The van der Waals surface area contributed by atoms with Crippen molar-refractivity contribution >= 4 is 11.3 Å². The van der Waals surface area contributed by atoms with Crippen molar-refractivity contribution in [3.8, 4) is 0 Å². The number of aryl methyl sites for hydroxylation is 1. The molecule has 2 heterocycles. The van der Waals surface area contributed by atoms with Gasteiger partial charge in [0.15, 0.2) is 0 Å². The van der Waals surface area contributed by atoms with Crippen molar-refractivity contribution in [2.75, 3.05) is 13.6 Å². The van der Waals surface area contributed by atoms with E-state index in [0.29, 0.717) is 0 Å². The smallest absolute Gasteiger partial charge is 0.0241 e. The summed E-state index contributed by atoms with van der Waals surface area (Å²) >= 11 is 1.97. The van der Waals surface area contributed by atoms with Crippen molar-refractivity contribution in [3.63, 3.8) is 0 Å². The highest BCUT2D eigenvalue weighted by atomic mass is 32.1. The zero-order valence-corrected chi connectivity index (χ0v) is 9.87. The normalized spacial score (nSPS) is 16.0. The molecule has 0 N–H and O–H groups in total. The van der Waals surface area contributed by atoms with Gasteiger partial charge in [-0.05, 0) is 32.0 Å². The highest BCUT2D eigenvalue weighted by molar-refractivity contribution is 7.12. The van der Waals surface area contributed by atoms with Crippen LogP contribution in [0.4, 0.5) is 0 Å². The van der Waals surface area contributed by atoms with Crippen LogP contribution < -0.4 is 0 Å². The van der Waals surface area contributed by atoms with Gasteiger partial charge in [0.2, 0.25) is 0 Å². The van der Waals surface area contributed by atoms with E-state index in [4.69, 9.17) is 0 Å². The second-order valence-electron chi connectivity index (χ2n) is 3.29. The summed E-state index contributed by atoms with van der Waals surface area (Å²) in [7, 11) is 2.19. The Morgan fingerprint density at radius 1 is 1.38 bits per heavy atom. The predicted molar refractivity (Wildman–Crippen MR) is 60.4 cm³/mol. The summed E-state index contributed by atoms with van der Waals surface area (Å²) in [5.41, 5.74) is 1.56. The van der Waals surface area contributed by atoms with E-state index in [9.17, 15) is 0 Å². The van der Waals surface area contributed by atoms with Crippen LogP contribution in [-0.4, -0.2) is 18.5 Å². The van der Waals surface area contributed by atoms with Crippen molar-refractivity contribution in [1.82, 2.24) is 4.90 Å². The Kier molecular flexibility index (Phi) is 3.94. The molecule has 0 unspecified atom stereocenters. The highest BCUT2D eigenvalue weighted by Crippen LogP contribution is 2.26. The van der Waals surface area contributed by atoms with Crippen LogP contribution in [-0.2, 0) is 13.0 Å². The Balaban J connectivity index is 0.000000396. The second kappa shape index (κ2) is 4.77. The van der Waals surface area contributed by atoms with E-state index in [-0.39, 0.29) is 0 Å². The Bertz CT molecular complexity index is 265. The minimum atomic E-state index is 1.15. The second-order valence-corrected chi connectivity index (χ2v) is 4.63. The molecular formula is C11H19NS. The van der Waals surface area contributed by atoms with Crippen LogP contribution in [0.5, 0.6) is 0 Å². The summed E-state index contributed by atoms with van der Waals surface area (Å²) in [4.78, 5) is 5.46. The Morgan fingerprint density at radius 3 is 2.77 bits per heavy atom. The number of hydrogen-bond donors (Lipinski definition) is 0. The van der Waals surface area contributed by atoms with Gasteiger partial charge in [-0.1, -0.05) is 13.8 Å². The summed E-state index contributed by atoms with van der Waals surface area (Å²) in [6.45, 7) is 8.58. The maximum atomic E-state index is 2.38. The third-order valence-corrected chi connectivity index (χ3v) is 3.33. The van der Waals surface area contributed by atoms with Gasteiger partial charge in [0.05, 0.1) is 0 Å². The van der Waals surface area contributed by atoms with E-state index in [1.807, 2.05) is 25.2 Å². The molecule has 0 atom stereocenters. The number of likely N-dealkylation sites (N-methyl/N-ethyl adjacent to an activating group) is 1. The zero-order valence-electron chi connectivity index (χ0n) is 9.05. The van der Waals surface area contributed by atoms with Crippen molar-refractivity contribution in [1.29, 1.82) is 0 Å². The monoisotopic (exact) mass is 197 g/mol. The summed E-state index contributed by atoms with van der Waals surface area (Å²) in [6, 6.07) is 2.33. The van der Waals surface area contributed by atoms with Gasteiger partial charge in [-0.3, -0.25) is 0 Å². The van der Waals surface area contributed by atoms with Gasteiger partial charge in [0, 0.05) is 22.8 Å². The highest BCUT2D eigenvalue weighted by Gasteiger charge is 2.14. The molecule has 1 nitrogen and oxygen atoms in total. The third-order valence-electron chi connectivity index (χ3n) is 2.18. The van der Waals surface area contributed by atoms with Gasteiger partial charge in [-0.15, -0.1) is 11.3 Å². The number of nitrogens with zero attached hydrogens (tertiary/aromatic N) is 1. The standard InChI is InChI=1S/C9H13NS.C2H6/c1-7-5-8-6-10(2)4-3-9(8)11-7;1-2/h5H,3-4,6H2,1-2H3;1-2H3. The molecule has 13 heavy (non-hydrogen) atoms. The third kappa shape index (κ3) is 2.55. The Hall–Kier alpha value is -0.340. The van der Waals surface area contributed by atoms with Crippen LogP contribution in [0, 0.1) is 6.92 Å². The van der Waals surface area contributed by atoms with Gasteiger partial charge in [-0.2, -0.15) is 0 Å². The maximum Gasteiger partial charge on any atom is 0.0241 e. The molecule has 0 bridgehead atoms. The first-order valence-corrected chi connectivity index (χ1v) is 5.84. The first-order valence-electron chi connectivity index (χ1n) is 5.02. The van der Waals surface area contributed by atoms with Gasteiger partial charge >= 0.3 is 0 Å². The molecule has 0 aliphatic carbocycles. The average Bonchev–Trinajstić information content (AvgIpc) is 2.48. The van der Waals surface area contributed by atoms with E-state index in [1.165, 1.54) is 17.8 Å². The number of hydrogen-bond acceptors (Lipinski definition) is 2. The predicted octanol–water partition coefficient (Wildman–Crippen LogP) is 3.07. The minimum absolute atomic E-state index is 1.15. The summed E-state index contributed by atoms with van der Waals surface area (Å²) < 4.78 is 0. The lowest BCUT2D eigenvalue weighted by atomic mass is 10.1. The first kappa shape index (κ1) is 10.7. The molecule has 0 saturated carbocycles.